The van der Waals surface area contributed by atoms with Gasteiger partial charge >= 0.3 is 0 Å². The van der Waals surface area contributed by atoms with Gasteiger partial charge in [-0.2, -0.15) is 4.31 Å². The molecule has 212 valence electrons. The van der Waals surface area contributed by atoms with E-state index in [1.807, 2.05) is 28.1 Å². The highest BCUT2D eigenvalue weighted by Gasteiger charge is 2.47. The normalized spacial score (nSPS) is 20.5. The van der Waals surface area contributed by atoms with E-state index in [0.717, 1.165) is 49.7 Å². The van der Waals surface area contributed by atoms with Crippen LogP contribution in [0.1, 0.15) is 48.4 Å². The maximum atomic E-state index is 12.6. The fraction of sp³-hybridized carbons (Fsp3) is 0.571. The Morgan fingerprint density at radius 3 is 2.34 bits per heavy atom. The number of sulfonamides is 1. The summed E-state index contributed by atoms with van der Waals surface area (Å²) in [5, 5.41) is 7.77. The molecule has 10 heteroatoms. The Morgan fingerprint density at radius 2 is 1.71 bits per heavy atom. The first-order valence-electron chi connectivity index (χ1n) is 13.2. The Kier molecular flexibility index (Phi) is 13.4. The Labute approximate surface area is 261 Å². The summed E-state index contributed by atoms with van der Waals surface area (Å²) in [7, 11) is -3.22. The summed E-state index contributed by atoms with van der Waals surface area (Å²) in [5.41, 5.74) is 4.11. The van der Waals surface area contributed by atoms with E-state index in [2.05, 4.69) is 80.1 Å². The highest BCUT2D eigenvalue weighted by Crippen LogP contribution is 2.53. The number of nitrogens with zero attached hydrogens (tertiary/aromatic N) is 1. The fourth-order valence-electron chi connectivity index (χ4n) is 5.68. The molecule has 1 saturated heterocycles. The van der Waals surface area contributed by atoms with Crippen LogP contribution >= 0.6 is 56.8 Å². The summed E-state index contributed by atoms with van der Waals surface area (Å²) < 4.78 is 32.8. The van der Waals surface area contributed by atoms with Crippen molar-refractivity contribution in [1.29, 1.82) is 0 Å². The van der Waals surface area contributed by atoms with Crippen molar-refractivity contribution in [3.8, 4) is 5.75 Å². The molecule has 2 aliphatic heterocycles. The quantitative estimate of drug-likeness (QED) is 0.203. The summed E-state index contributed by atoms with van der Waals surface area (Å²) in [6.07, 6.45) is 5.03. The molecular formula is C28H40ClI2N3O3S. The minimum atomic E-state index is -3.22. The van der Waals surface area contributed by atoms with Gasteiger partial charge in [0.1, 0.15) is 5.75 Å². The Bertz CT molecular complexity index is 1110. The lowest BCUT2D eigenvalue weighted by Gasteiger charge is -2.50. The molecule has 38 heavy (non-hydrogen) atoms. The first-order chi connectivity index (χ1) is 18.5. The highest BCUT2D eigenvalue weighted by atomic mass is 127. The van der Waals surface area contributed by atoms with Crippen molar-refractivity contribution >= 4 is 66.8 Å². The van der Waals surface area contributed by atoms with Crippen LogP contribution in [0, 0.1) is 0 Å². The maximum Gasteiger partial charge on any atom is 0.214 e. The molecule has 0 aromatic heterocycles. The first kappa shape index (κ1) is 32.3. The van der Waals surface area contributed by atoms with E-state index in [0.29, 0.717) is 26.1 Å². The molecule has 2 aromatic carbocycles. The van der Waals surface area contributed by atoms with Gasteiger partial charge in [-0.25, -0.2) is 8.42 Å². The van der Waals surface area contributed by atoms with Crippen LogP contribution in [-0.4, -0.2) is 67.7 Å². The number of ether oxygens (including phenoxy) is 1. The average Bonchev–Trinajstić information content (AvgIpc) is 2.94. The molecule has 0 amide bonds. The number of rotatable bonds is 8. The van der Waals surface area contributed by atoms with E-state index in [9.17, 15) is 8.42 Å². The zero-order valence-electron chi connectivity index (χ0n) is 22.3. The van der Waals surface area contributed by atoms with Crippen LogP contribution in [-0.2, 0) is 21.9 Å². The second-order valence-electron chi connectivity index (χ2n) is 9.68. The minimum absolute atomic E-state index is 0.0791. The van der Waals surface area contributed by atoms with E-state index >= 15 is 0 Å². The topological polar surface area (TPSA) is 70.7 Å². The highest BCUT2D eigenvalue weighted by molar-refractivity contribution is 14.1. The molecule has 0 radical (unpaired) electrons. The Hall–Kier alpha value is -0.180. The zero-order valence-corrected chi connectivity index (χ0v) is 28.2. The van der Waals surface area contributed by atoms with Crippen LogP contribution in [0.15, 0.2) is 42.5 Å². The van der Waals surface area contributed by atoms with Crippen molar-refractivity contribution in [2.75, 3.05) is 54.9 Å². The van der Waals surface area contributed by atoms with Crippen molar-refractivity contribution < 1.29 is 13.2 Å². The molecule has 1 saturated carbocycles. The third kappa shape index (κ3) is 7.76. The third-order valence-corrected chi connectivity index (χ3v) is 9.88. The molecule has 0 spiro atoms. The number of halogens is 3. The lowest BCUT2D eigenvalue weighted by atomic mass is 9.58. The summed E-state index contributed by atoms with van der Waals surface area (Å²) >= 11 is 10.5. The molecule has 0 bridgehead atoms. The van der Waals surface area contributed by atoms with E-state index in [1.165, 1.54) is 23.1 Å². The molecule has 5 rings (SSSR count). The molecule has 2 aromatic rings. The second-order valence-corrected chi connectivity index (χ2v) is 12.2. The molecular weight excluding hydrogens is 748 g/mol. The van der Waals surface area contributed by atoms with Crippen molar-refractivity contribution in [2.45, 2.75) is 43.6 Å². The van der Waals surface area contributed by atoms with E-state index in [4.69, 9.17) is 16.3 Å². The van der Waals surface area contributed by atoms with Gasteiger partial charge in [0.25, 0.3) is 0 Å². The van der Waals surface area contributed by atoms with Crippen LogP contribution < -0.4 is 15.4 Å². The van der Waals surface area contributed by atoms with Gasteiger partial charge in [0, 0.05) is 42.7 Å². The van der Waals surface area contributed by atoms with Gasteiger partial charge in [0.15, 0.2) is 0 Å². The van der Waals surface area contributed by atoms with Crippen molar-refractivity contribution in [3.63, 3.8) is 0 Å². The monoisotopic (exact) mass is 787 g/mol. The van der Waals surface area contributed by atoms with Gasteiger partial charge in [-0.3, -0.25) is 0 Å². The molecule has 3 aliphatic rings. The van der Waals surface area contributed by atoms with Gasteiger partial charge < -0.3 is 15.4 Å². The molecule has 6 nitrogen and oxygen atoms in total. The summed E-state index contributed by atoms with van der Waals surface area (Å²) in [5.74, 6) is 0.944. The van der Waals surface area contributed by atoms with Crippen LogP contribution in [0.2, 0.25) is 5.02 Å². The number of fused-ring (bicyclic) bond motifs is 1. The van der Waals surface area contributed by atoms with Gasteiger partial charge in [0.05, 0.1) is 12.4 Å². The molecule has 2 N–H and O–H groups in total. The predicted octanol–water partition coefficient (Wildman–Crippen LogP) is 5.76. The first-order valence-corrected chi connectivity index (χ1v) is 19.5. The van der Waals surface area contributed by atoms with Gasteiger partial charge in [0.2, 0.25) is 10.0 Å². The summed E-state index contributed by atoms with van der Waals surface area (Å²) in [6, 6.07) is 15.0. The number of hydrogen-bond donors (Lipinski definition) is 2. The lowest BCUT2D eigenvalue weighted by Crippen LogP contribution is -2.49. The number of hydrogen-bond acceptors (Lipinski definition) is 5. The molecule has 1 unspecified atom stereocenters. The molecule has 1 aliphatic carbocycles. The third-order valence-electron chi connectivity index (χ3n) is 7.67. The average molecular weight is 788 g/mol. The van der Waals surface area contributed by atoms with Gasteiger partial charge in [-0.1, -0.05) is 81.4 Å². The smallest absolute Gasteiger partial charge is 0.214 e. The van der Waals surface area contributed by atoms with Crippen LogP contribution in [0.4, 0.5) is 0 Å². The maximum absolute atomic E-state index is 12.6. The summed E-state index contributed by atoms with van der Waals surface area (Å²) in [6.45, 7) is 3.91. The van der Waals surface area contributed by atoms with Gasteiger partial charge in [-0.05, 0) is 83.0 Å². The predicted molar refractivity (Wildman–Crippen MR) is 176 cm³/mol. The van der Waals surface area contributed by atoms with Crippen molar-refractivity contribution in [1.82, 2.24) is 14.9 Å². The number of piperazine rings is 1. The van der Waals surface area contributed by atoms with E-state index in [-0.39, 0.29) is 17.2 Å². The lowest BCUT2D eigenvalue weighted by molar-refractivity contribution is 0.164. The Balaban J connectivity index is 0.000000956. The van der Waals surface area contributed by atoms with E-state index < -0.39 is 10.0 Å². The van der Waals surface area contributed by atoms with Gasteiger partial charge in [-0.15, -0.1) is 0 Å². The number of benzene rings is 2. The molecule has 2 heterocycles. The summed E-state index contributed by atoms with van der Waals surface area (Å²) in [4.78, 5) is 3.94. The number of nitrogens with one attached hydrogen (secondary N) is 2. The Morgan fingerprint density at radius 1 is 1.03 bits per heavy atom. The van der Waals surface area contributed by atoms with Crippen LogP contribution in [0.3, 0.4) is 0 Å². The van der Waals surface area contributed by atoms with Crippen molar-refractivity contribution in [2.24, 2.45) is 0 Å². The molecule has 2 fully saturated rings. The van der Waals surface area contributed by atoms with Crippen molar-refractivity contribution in [3.05, 3.63) is 64.2 Å². The van der Waals surface area contributed by atoms with Crippen LogP contribution in [0.5, 0.6) is 5.75 Å². The zero-order chi connectivity index (χ0) is 27.6. The van der Waals surface area contributed by atoms with E-state index in [1.54, 1.807) is 4.31 Å². The second kappa shape index (κ2) is 15.7. The largest absolute Gasteiger partial charge is 0.494 e. The van der Waals surface area contributed by atoms with Crippen LogP contribution in [0.25, 0.3) is 0 Å². The fourth-order valence-corrected chi connectivity index (χ4v) is 7.29. The molecule has 1 atom stereocenters. The minimum Gasteiger partial charge on any atom is -0.494 e. The number of alkyl halides is 2. The standard InChI is InChI=1S/C26H34ClN3O3S.2CH3I/c27-22-6-4-21(5-7-22)26(10-1-11-26)25-24-19-23(8-3-20(24)9-12-29-25)33-17-2-18-34(31,32)30-15-13-28-14-16-30;2*1-2/h3-8,19,25,28-29H,1-2,9-18H2;2*1H3. The SMILES string of the molecule is CI.CI.O=S(=O)(CCCOc1ccc2c(c1)C(C1(c3ccc(Cl)cc3)CCC1)NCC2)N1CCNCC1.